The third kappa shape index (κ3) is 205. The van der Waals surface area contributed by atoms with Gasteiger partial charge >= 0.3 is 33.0 Å². The fourth-order valence-electron chi connectivity index (χ4n) is 0. The van der Waals surface area contributed by atoms with E-state index in [0.717, 1.165) is 0 Å². The minimum Gasteiger partial charge on any atom is -1.00 e. The predicted molar refractivity (Wildman–Crippen MR) is 10.5 cm³/mol. The van der Waals surface area contributed by atoms with E-state index >= 15 is 0 Å². The standard InChI is InChI=1S/ClH.2Ni.H2O4S/c;;;1-5(2,3)4/h1H;;;(H2,1,2,3,4)/q;2*+2;/p-3. The van der Waals surface area contributed by atoms with Crippen LogP contribution in [-0.2, 0) is 43.4 Å². The van der Waals surface area contributed by atoms with Crippen molar-refractivity contribution in [1.82, 2.24) is 0 Å². The van der Waals surface area contributed by atoms with Crippen molar-refractivity contribution in [1.29, 1.82) is 0 Å². The van der Waals surface area contributed by atoms with E-state index in [4.69, 9.17) is 17.5 Å². The van der Waals surface area contributed by atoms with Crippen molar-refractivity contribution in [2.24, 2.45) is 0 Å². The monoisotopic (exact) mass is 247 g/mol. The Bertz CT molecular complexity index is 97.2. The van der Waals surface area contributed by atoms with Crippen LogP contribution in [0.3, 0.4) is 0 Å². The van der Waals surface area contributed by atoms with Crippen LogP contribution in [0.5, 0.6) is 0 Å². The molecule has 0 aliphatic heterocycles. The first kappa shape index (κ1) is 22.9. The molecule has 0 N–H and O–H groups in total. The van der Waals surface area contributed by atoms with Crippen molar-refractivity contribution >= 4 is 10.4 Å². The molecule has 8 heteroatoms. The maximum atomic E-state index is 8.52. The van der Waals surface area contributed by atoms with E-state index in [1.165, 1.54) is 0 Å². The molecule has 0 fully saturated rings. The minimum atomic E-state index is -5.17. The molecule has 0 saturated carbocycles. The molecule has 0 unspecified atom stereocenters. The van der Waals surface area contributed by atoms with Crippen LogP contribution in [0.2, 0.25) is 0 Å². The SMILES string of the molecule is O=S(=O)([O-])[O-].[Cl-].[Ni+2].[Ni+2]. The second-order valence-corrected chi connectivity index (χ2v) is 1.22. The van der Waals surface area contributed by atoms with Crippen molar-refractivity contribution < 1.29 is 62.9 Å². The molecule has 0 heterocycles. The van der Waals surface area contributed by atoms with Crippen LogP contribution >= 0.6 is 0 Å². The molecule has 4 nitrogen and oxygen atoms in total. The first-order valence-corrected chi connectivity index (χ1v) is 2.00. The van der Waals surface area contributed by atoms with Crippen molar-refractivity contribution in [3.05, 3.63) is 0 Å². The molecule has 0 rings (SSSR count). The van der Waals surface area contributed by atoms with E-state index in [1.807, 2.05) is 0 Å². The van der Waals surface area contributed by atoms with Gasteiger partial charge in [-0.15, -0.1) is 0 Å². The van der Waals surface area contributed by atoms with Gasteiger partial charge in [0.05, 0.1) is 0 Å². The van der Waals surface area contributed by atoms with Crippen LogP contribution in [0.25, 0.3) is 0 Å². The van der Waals surface area contributed by atoms with Crippen molar-refractivity contribution in [2.75, 3.05) is 0 Å². The smallest absolute Gasteiger partial charge is 1.00 e. The molecule has 0 amide bonds. The largest absolute Gasteiger partial charge is 2.00 e. The zero-order valence-corrected chi connectivity index (χ0v) is 6.60. The summed E-state index contributed by atoms with van der Waals surface area (Å²) in [6.07, 6.45) is 0. The van der Waals surface area contributed by atoms with Crippen LogP contribution in [0, 0.1) is 0 Å². The average Bonchev–Trinajstić information content (AvgIpc) is 0.722. The molecule has 0 aromatic rings. The molecule has 0 radical (unpaired) electrons. The van der Waals surface area contributed by atoms with Gasteiger partial charge in [-0.2, -0.15) is 0 Å². The summed E-state index contributed by atoms with van der Waals surface area (Å²) in [6.45, 7) is 0. The van der Waals surface area contributed by atoms with Gasteiger partial charge in [0.25, 0.3) is 0 Å². The fraction of sp³-hybridized carbons (Fsp3) is 0. The van der Waals surface area contributed by atoms with Gasteiger partial charge in [-0.25, -0.2) is 0 Å². The molecule has 0 aliphatic rings. The van der Waals surface area contributed by atoms with Gasteiger partial charge in [0.1, 0.15) is 0 Å². The molecule has 0 aromatic heterocycles. The van der Waals surface area contributed by atoms with Crippen LogP contribution in [0.15, 0.2) is 0 Å². The number of hydrogen-bond donors (Lipinski definition) is 0. The summed E-state index contributed by atoms with van der Waals surface area (Å²) in [6, 6.07) is 0. The van der Waals surface area contributed by atoms with E-state index in [2.05, 4.69) is 0 Å². The zero-order valence-electron chi connectivity index (χ0n) is 3.05. The quantitative estimate of drug-likeness (QED) is 0.247. The molecule has 0 atom stereocenters. The maximum absolute atomic E-state index is 8.52. The zero-order chi connectivity index (χ0) is 4.50. The summed E-state index contributed by atoms with van der Waals surface area (Å²) in [5, 5.41) is 0. The normalized spacial score (nSPS) is 7.25. The van der Waals surface area contributed by atoms with Gasteiger partial charge in [-0.1, -0.05) is 0 Å². The number of rotatable bonds is 0. The van der Waals surface area contributed by atoms with Crippen LogP contribution in [-0.4, -0.2) is 17.5 Å². The Balaban J connectivity index is -0.0000000267. The first-order valence-electron chi connectivity index (χ1n) is 0.667. The van der Waals surface area contributed by atoms with Crippen LogP contribution in [0.4, 0.5) is 0 Å². The predicted octanol–water partition coefficient (Wildman–Crippen LogP) is -4.34. The van der Waals surface area contributed by atoms with E-state index in [0.29, 0.717) is 0 Å². The minimum absolute atomic E-state index is 0. The summed E-state index contributed by atoms with van der Waals surface area (Å²) >= 11 is 0. The van der Waals surface area contributed by atoms with Crippen LogP contribution in [0.1, 0.15) is 0 Å². The first-order chi connectivity index (χ1) is 2.00. The second-order valence-electron chi connectivity index (χ2n) is 0.408. The van der Waals surface area contributed by atoms with Crippen LogP contribution < -0.4 is 12.4 Å². The average molecular weight is 249 g/mol. The number of hydrogen-bond acceptors (Lipinski definition) is 4. The van der Waals surface area contributed by atoms with Crippen molar-refractivity contribution in [2.45, 2.75) is 0 Å². The molecule has 8 heavy (non-hydrogen) atoms. The van der Waals surface area contributed by atoms with Crippen molar-refractivity contribution in [3.63, 3.8) is 0 Å². The Morgan fingerprint density at radius 3 is 1.00 bits per heavy atom. The Labute approximate surface area is 73.3 Å². The van der Waals surface area contributed by atoms with Crippen molar-refractivity contribution in [3.8, 4) is 0 Å². The van der Waals surface area contributed by atoms with E-state index in [9.17, 15) is 0 Å². The Kier molecular flexibility index (Phi) is 23.3. The molecule has 0 saturated heterocycles. The molecule has 0 aromatic carbocycles. The Morgan fingerprint density at radius 1 is 1.00 bits per heavy atom. The molecule has 0 aliphatic carbocycles. The fourth-order valence-corrected chi connectivity index (χ4v) is 0. The topological polar surface area (TPSA) is 80.3 Å². The van der Waals surface area contributed by atoms with E-state index < -0.39 is 10.4 Å². The molecule has 0 bridgehead atoms. The molecular formula is ClNi2O4S+. The maximum Gasteiger partial charge on any atom is 2.00 e. The van der Waals surface area contributed by atoms with E-state index in [1.54, 1.807) is 0 Å². The summed E-state index contributed by atoms with van der Waals surface area (Å²) in [5.74, 6) is 0. The Morgan fingerprint density at radius 2 is 1.00 bits per heavy atom. The molecular weight excluding hydrogens is 249 g/mol. The Hall–Kier alpha value is 1.15. The van der Waals surface area contributed by atoms with Gasteiger partial charge in [0, 0.05) is 10.4 Å². The summed E-state index contributed by atoms with van der Waals surface area (Å²) < 4.78 is 34.1. The van der Waals surface area contributed by atoms with Gasteiger partial charge < -0.3 is 21.5 Å². The third-order valence-corrected chi connectivity index (χ3v) is 0. The second kappa shape index (κ2) is 8.15. The summed E-state index contributed by atoms with van der Waals surface area (Å²) in [7, 11) is -5.17. The summed E-state index contributed by atoms with van der Waals surface area (Å²) in [5.41, 5.74) is 0. The number of halogens is 1. The molecule has 56 valence electrons. The van der Waals surface area contributed by atoms with Gasteiger partial charge in [-0.3, -0.25) is 8.42 Å². The third-order valence-electron chi connectivity index (χ3n) is 0. The van der Waals surface area contributed by atoms with E-state index in [-0.39, 0.29) is 45.4 Å². The summed E-state index contributed by atoms with van der Waals surface area (Å²) in [4.78, 5) is 0. The van der Waals surface area contributed by atoms with Gasteiger partial charge in [0.15, 0.2) is 0 Å². The van der Waals surface area contributed by atoms with Gasteiger partial charge in [0.2, 0.25) is 0 Å². The molecule has 0 spiro atoms. The van der Waals surface area contributed by atoms with Gasteiger partial charge in [-0.05, 0) is 0 Å².